The third-order valence-electron chi connectivity index (χ3n) is 3.68. The molecule has 1 amide bonds. The van der Waals surface area contributed by atoms with Crippen LogP contribution in [0.3, 0.4) is 0 Å². The van der Waals surface area contributed by atoms with E-state index in [2.05, 4.69) is 26.1 Å². The molecular formula is C18H35NO3. The minimum atomic E-state index is -0.532. The topological polar surface area (TPSA) is 55.4 Å². The number of hydrogen-bond donors (Lipinski definition) is 1. The second kappa shape index (κ2) is 12.5. The average Bonchev–Trinajstić information content (AvgIpc) is 2.43. The van der Waals surface area contributed by atoms with Gasteiger partial charge in [0.2, 0.25) is 5.91 Å². The molecule has 0 radical (unpaired) electrons. The summed E-state index contributed by atoms with van der Waals surface area (Å²) < 4.78 is 5.28. The number of amides is 1. The SMILES string of the molecule is CCCCCCCC(=O)NC(C(=O)OCCC(C)C)C(C)C. The lowest BCUT2D eigenvalue weighted by Gasteiger charge is -2.21. The predicted octanol–water partition coefficient (Wildman–Crippen LogP) is 4.08. The van der Waals surface area contributed by atoms with Crippen molar-refractivity contribution < 1.29 is 14.3 Å². The predicted molar refractivity (Wildman–Crippen MR) is 90.6 cm³/mol. The van der Waals surface area contributed by atoms with Gasteiger partial charge in [-0.15, -0.1) is 0 Å². The van der Waals surface area contributed by atoms with Crippen molar-refractivity contribution in [3.63, 3.8) is 0 Å². The van der Waals surface area contributed by atoms with Crippen molar-refractivity contribution in [3.8, 4) is 0 Å². The van der Waals surface area contributed by atoms with Crippen LogP contribution in [0.15, 0.2) is 0 Å². The molecule has 0 spiro atoms. The van der Waals surface area contributed by atoms with Gasteiger partial charge in [0.05, 0.1) is 6.61 Å². The summed E-state index contributed by atoms with van der Waals surface area (Å²) in [6.07, 6.45) is 6.90. The molecule has 1 unspecified atom stereocenters. The zero-order chi connectivity index (χ0) is 17.0. The van der Waals surface area contributed by atoms with E-state index in [1.165, 1.54) is 19.3 Å². The van der Waals surface area contributed by atoms with Gasteiger partial charge >= 0.3 is 5.97 Å². The van der Waals surface area contributed by atoms with Crippen LogP contribution in [0.4, 0.5) is 0 Å². The van der Waals surface area contributed by atoms with Crippen LogP contribution in [0, 0.1) is 11.8 Å². The van der Waals surface area contributed by atoms with Crippen molar-refractivity contribution in [1.29, 1.82) is 0 Å². The fourth-order valence-electron chi connectivity index (χ4n) is 2.12. The van der Waals surface area contributed by atoms with E-state index >= 15 is 0 Å². The van der Waals surface area contributed by atoms with E-state index in [1.807, 2.05) is 13.8 Å². The minimum Gasteiger partial charge on any atom is -0.464 e. The Morgan fingerprint density at radius 3 is 2.18 bits per heavy atom. The summed E-state index contributed by atoms with van der Waals surface area (Å²) in [7, 11) is 0. The molecule has 130 valence electrons. The Morgan fingerprint density at radius 2 is 1.64 bits per heavy atom. The van der Waals surface area contributed by atoms with Gasteiger partial charge in [0.25, 0.3) is 0 Å². The standard InChI is InChI=1S/C18H35NO3/c1-6-7-8-9-10-11-16(20)19-17(15(4)5)18(21)22-13-12-14(2)3/h14-15,17H,6-13H2,1-5H3,(H,19,20). The molecule has 0 aromatic heterocycles. The number of rotatable bonds is 12. The molecule has 0 rings (SSSR count). The first-order chi connectivity index (χ1) is 10.4. The highest BCUT2D eigenvalue weighted by Gasteiger charge is 2.25. The Bertz CT molecular complexity index is 313. The molecule has 0 saturated carbocycles. The lowest BCUT2D eigenvalue weighted by atomic mass is 10.0. The van der Waals surface area contributed by atoms with Crippen molar-refractivity contribution in [2.75, 3.05) is 6.61 Å². The summed E-state index contributed by atoms with van der Waals surface area (Å²) in [5.41, 5.74) is 0. The number of hydrogen-bond acceptors (Lipinski definition) is 3. The summed E-state index contributed by atoms with van der Waals surface area (Å²) in [6.45, 7) is 10.6. The fraction of sp³-hybridized carbons (Fsp3) is 0.889. The van der Waals surface area contributed by atoms with E-state index in [0.717, 1.165) is 19.3 Å². The smallest absolute Gasteiger partial charge is 0.328 e. The average molecular weight is 313 g/mol. The van der Waals surface area contributed by atoms with E-state index in [1.54, 1.807) is 0 Å². The molecule has 4 nitrogen and oxygen atoms in total. The van der Waals surface area contributed by atoms with Gasteiger partial charge in [-0.25, -0.2) is 4.79 Å². The van der Waals surface area contributed by atoms with Crippen LogP contribution in [-0.4, -0.2) is 24.5 Å². The number of carbonyl (C=O) groups excluding carboxylic acids is 2. The Balaban J connectivity index is 4.11. The second-order valence-electron chi connectivity index (χ2n) is 6.80. The first kappa shape index (κ1) is 20.9. The number of carbonyl (C=O) groups is 2. The second-order valence-corrected chi connectivity index (χ2v) is 6.80. The summed E-state index contributed by atoms with van der Waals surface area (Å²) >= 11 is 0. The Kier molecular flexibility index (Phi) is 11.9. The van der Waals surface area contributed by atoms with E-state index in [9.17, 15) is 9.59 Å². The van der Waals surface area contributed by atoms with Gasteiger partial charge in [-0.3, -0.25) is 4.79 Å². The lowest BCUT2D eigenvalue weighted by Crippen LogP contribution is -2.45. The Morgan fingerprint density at radius 1 is 1.00 bits per heavy atom. The van der Waals surface area contributed by atoms with Crippen LogP contribution in [0.2, 0.25) is 0 Å². The van der Waals surface area contributed by atoms with Crippen molar-refractivity contribution in [2.24, 2.45) is 11.8 Å². The summed E-state index contributed by atoms with van der Waals surface area (Å²) in [4.78, 5) is 24.0. The molecule has 0 bridgehead atoms. The highest BCUT2D eigenvalue weighted by atomic mass is 16.5. The first-order valence-corrected chi connectivity index (χ1v) is 8.84. The van der Waals surface area contributed by atoms with E-state index < -0.39 is 6.04 Å². The summed E-state index contributed by atoms with van der Waals surface area (Å²) in [5.74, 6) is 0.185. The maximum absolute atomic E-state index is 12.1. The quantitative estimate of drug-likeness (QED) is 0.436. The molecule has 22 heavy (non-hydrogen) atoms. The zero-order valence-electron chi connectivity index (χ0n) is 15.1. The Labute approximate surface area is 136 Å². The van der Waals surface area contributed by atoms with E-state index in [0.29, 0.717) is 18.9 Å². The third kappa shape index (κ3) is 10.6. The maximum Gasteiger partial charge on any atom is 0.328 e. The molecule has 0 saturated heterocycles. The van der Waals surface area contributed by atoms with Crippen LogP contribution >= 0.6 is 0 Å². The summed E-state index contributed by atoms with van der Waals surface area (Å²) in [6, 6.07) is -0.532. The van der Waals surface area contributed by atoms with Crippen LogP contribution in [-0.2, 0) is 14.3 Å². The molecule has 0 aromatic rings. The van der Waals surface area contributed by atoms with Gasteiger partial charge in [0, 0.05) is 6.42 Å². The van der Waals surface area contributed by atoms with Crippen molar-refractivity contribution >= 4 is 11.9 Å². The number of ether oxygens (including phenoxy) is 1. The highest BCUT2D eigenvalue weighted by Crippen LogP contribution is 2.09. The maximum atomic E-state index is 12.1. The van der Waals surface area contributed by atoms with Gasteiger partial charge in [0.1, 0.15) is 6.04 Å². The van der Waals surface area contributed by atoms with Crippen LogP contribution < -0.4 is 5.32 Å². The number of nitrogens with one attached hydrogen (secondary N) is 1. The molecule has 1 atom stereocenters. The normalized spacial score (nSPS) is 12.5. The molecule has 0 aromatic carbocycles. The van der Waals surface area contributed by atoms with Crippen LogP contribution in [0.5, 0.6) is 0 Å². The Hall–Kier alpha value is -1.06. The molecule has 4 heteroatoms. The summed E-state index contributed by atoms with van der Waals surface area (Å²) in [5, 5.41) is 2.83. The van der Waals surface area contributed by atoms with E-state index in [4.69, 9.17) is 4.74 Å². The molecular weight excluding hydrogens is 278 g/mol. The molecule has 0 heterocycles. The zero-order valence-corrected chi connectivity index (χ0v) is 15.1. The molecule has 0 aliphatic rings. The monoisotopic (exact) mass is 313 g/mol. The third-order valence-corrected chi connectivity index (χ3v) is 3.68. The number of unbranched alkanes of at least 4 members (excludes halogenated alkanes) is 4. The van der Waals surface area contributed by atoms with Crippen molar-refractivity contribution in [2.45, 2.75) is 85.6 Å². The molecule has 0 aliphatic carbocycles. The van der Waals surface area contributed by atoms with Crippen molar-refractivity contribution in [1.82, 2.24) is 5.32 Å². The van der Waals surface area contributed by atoms with Gasteiger partial charge in [-0.05, 0) is 24.7 Å². The van der Waals surface area contributed by atoms with Gasteiger partial charge in [-0.2, -0.15) is 0 Å². The fourth-order valence-corrected chi connectivity index (χ4v) is 2.12. The van der Waals surface area contributed by atoms with Gasteiger partial charge < -0.3 is 10.1 Å². The minimum absolute atomic E-state index is 0.0376. The molecule has 1 N–H and O–H groups in total. The van der Waals surface area contributed by atoms with Crippen LogP contribution in [0.25, 0.3) is 0 Å². The van der Waals surface area contributed by atoms with Gasteiger partial charge in [0.15, 0.2) is 0 Å². The van der Waals surface area contributed by atoms with Crippen LogP contribution in [0.1, 0.15) is 79.6 Å². The molecule has 0 fully saturated rings. The highest BCUT2D eigenvalue weighted by molar-refractivity contribution is 5.84. The number of esters is 1. The van der Waals surface area contributed by atoms with Gasteiger partial charge in [-0.1, -0.05) is 60.3 Å². The first-order valence-electron chi connectivity index (χ1n) is 8.84. The van der Waals surface area contributed by atoms with Crippen molar-refractivity contribution in [3.05, 3.63) is 0 Å². The lowest BCUT2D eigenvalue weighted by molar-refractivity contribution is -0.149. The largest absolute Gasteiger partial charge is 0.464 e. The molecule has 0 aliphatic heterocycles. The van der Waals surface area contributed by atoms with E-state index in [-0.39, 0.29) is 17.8 Å².